The number of amides is 2. The molecule has 3 rings (SSSR count). The fourth-order valence-corrected chi connectivity index (χ4v) is 3.62. The van der Waals surface area contributed by atoms with Crippen LogP contribution in [0.5, 0.6) is 0 Å². The number of aryl methyl sites for hydroxylation is 1. The summed E-state index contributed by atoms with van der Waals surface area (Å²) in [6.45, 7) is 3.23. The number of halogens is 4. The Bertz CT molecular complexity index is 1070. The predicted molar refractivity (Wildman–Crippen MR) is 112 cm³/mol. The molecule has 0 saturated carbocycles. The van der Waals surface area contributed by atoms with Crippen molar-refractivity contribution in [2.45, 2.75) is 26.4 Å². The summed E-state index contributed by atoms with van der Waals surface area (Å²) in [5.41, 5.74) is 1.42. The van der Waals surface area contributed by atoms with E-state index in [2.05, 4.69) is 5.32 Å². The van der Waals surface area contributed by atoms with Gasteiger partial charge in [-0.05, 0) is 49.2 Å². The maximum absolute atomic E-state index is 12.9. The number of anilines is 2. The van der Waals surface area contributed by atoms with Gasteiger partial charge in [-0.15, -0.1) is 0 Å². The molecule has 1 aliphatic heterocycles. The lowest BCUT2D eigenvalue weighted by Crippen LogP contribution is -2.28. The minimum absolute atomic E-state index is 0.0556. The molecule has 2 aromatic rings. The number of alkyl halides is 3. The highest BCUT2D eigenvalue weighted by Gasteiger charge is 2.37. The Hall–Kier alpha value is -3.07. The molecular weight excluding hydrogens is 449 g/mol. The summed E-state index contributed by atoms with van der Waals surface area (Å²) >= 11 is 5.55. The molecular formula is C22H20ClF3N2O4. The van der Waals surface area contributed by atoms with E-state index in [1.54, 1.807) is 6.07 Å². The number of nitrogens with zero attached hydrogens (tertiary/aromatic N) is 1. The lowest BCUT2D eigenvalue weighted by Gasteiger charge is -2.20. The van der Waals surface area contributed by atoms with E-state index in [1.807, 2.05) is 26.0 Å². The van der Waals surface area contributed by atoms with Crippen LogP contribution >= 0.6 is 11.6 Å². The molecule has 0 aliphatic carbocycles. The normalized spacial score (nSPS) is 16.2. The van der Waals surface area contributed by atoms with E-state index in [-0.39, 0.29) is 24.6 Å². The molecule has 170 valence electrons. The van der Waals surface area contributed by atoms with Gasteiger partial charge in [-0.2, -0.15) is 13.2 Å². The lowest BCUT2D eigenvalue weighted by molar-refractivity contribution is -0.151. The van der Waals surface area contributed by atoms with Gasteiger partial charge < -0.3 is 15.0 Å². The molecule has 2 amide bonds. The molecule has 1 fully saturated rings. The second-order valence-electron chi connectivity index (χ2n) is 7.47. The first-order chi connectivity index (χ1) is 15.0. The molecule has 32 heavy (non-hydrogen) atoms. The van der Waals surface area contributed by atoms with Gasteiger partial charge in [-0.1, -0.05) is 23.7 Å². The summed E-state index contributed by atoms with van der Waals surface area (Å²) in [5, 5.41) is 1.73. The van der Waals surface area contributed by atoms with Crippen LogP contribution in [0.3, 0.4) is 0 Å². The Kier molecular flexibility index (Phi) is 6.78. The molecule has 1 atom stereocenters. The number of esters is 1. The van der Waals surface area contributed by atoms with Gasteiger partial charge in [0, 0.05) is 24.3 Å². The predicted octanol–water partition coefficient (Wildman–Crippen LogP) is 4.51. The lowest BCUT2D eigenvalue weighted by atomic mass is 10.1. The third-order valence-corrected chi connectivity index (χ3v) is 5.56. The quantitative estimate of drug-likeness (QED) is 0.655. The fourth-order valence-electron chi connectivity index (χ4n) is 3.40. The number of ether oxygens (including phenoxy) is 1. The van der Waals surface area contributed by atoms with Crippen molar-refractivity contribution in [1.82, 2.24) is 0 Å². The van der Waals surface area contributed by atoms with E-state index in [0.717, 1.165) is 17.2 Å². The van der Waals surface area contributed by atoms with E-state index >= 15 is 0 Å². The summed E-state index contributed by atoms with van der Waals surface area (Å²) in [7, 11) is 0. The SMILES string of the molecule is Cc1cccc(N2C[C@@H](C(=O)OCC(=O)Nc3ccc(Cl)c(C(F)(F)F)c3)CC2=O)c1C. The molecule has 1 heterocycles. The van der Waals surface area contributed by atoms with Crippen LogP contribution in [0.25, 0.3) is 0 Å². The third kappa shape index (κ3) is 5.21. The summed E-state index contributed by atoms with van der Waals surface area (Å²) in [6.07, 6.45) is -4.74. The minimum Gasteiger partial charge on any atom is -0.455 e. The molecule has 10 heteroatoms. The van der Waals surface area contributed by atoms with Crippen molar-refractivity contribution in [1.29, 1.82) is 0 Å². The highest BCUT2D eigenvalue weighted by atomic mass is 35.5. The Labute approximate surface area is 187 Å². The van der Waals surface area contributed by atoms with Crippen LogP contribution in [0.15, 0.2) is 36.4 Å². The number of hydrogen-bond acceptors (Lipinski definition) is 4. The van der Waals surface area contributed by atoms with Crippen LogP contribution in [-0.4, -0.2) is 30.9 Å². The van der Waals surface area contributed by atoms with Crippen molar-refractivity contribution in [2.24, 2.45) is 5.92 Å². The van der Waals surface area contributed by atoms with Gasteiger partial charge in [0.1, 0.15) is 0 Å². The van der Waals surface area contributed by atoms with Crippen molar-refractivity contribution < 1.29 is 32.3 Å². The maximum Gasteiger partial charge on any atom is 0.417 e. The summed E-state index contributed by atoms with van der Waals surface area (Å²) in [5.74, 6) is -2.52. The van der Waals surface area contributed by atoms with Crippen molar-refractivity contribution in [3.05, 3.63) is 58.1 Å². The van der Waals surface area contributed by atoms with Gasteiger partial charge in [0.05, 0.1) is 16.5 Å². The van der Waals surface area contributed by atoms with Crippen LogP contribution in [0.4, 0.5) is 24.5 Å². The van der Waals surface area contributed by atoms with Crippen LogP contribution in [0, 0.1) is 19.8 Å². The van der Waals surface area contributed by atoms with Crippen molar-refractivity contribution in [3.8, 4) is 0 Å². The van der Waals surface area contributed by atoms with Crippen LogP contribution < -0.4 is 10.2 Å². The first-order valence-corrected chi connectivity index (χ1v) is 10.0. The zero-order chi connectivity index (χ0) is 23.6. The Balaban J connectivity index is 1.58. The molecule has 6 nitrogen and oxygen atoms in total. The Morgan fingerprint density at radius 2 is 1.94 bits per heavy atom. The number of rotatable bonds is 5. The number of carbonyl (C=O) groups is 3. The number of nitrogens with one attached hydrogen (secondary N) is 1. The van der Waals surface area contributed by atoms with E-state index in [1.165, 1.54) is 11.0 Å². The van der Waals surface area contributed by atoms with Crippen molar-refractivity contribution in [3.63, 3.8) is 0 Å². The van der Waals surface area contributed by atoms with Gasteiger partial charge in [0.25, 0.3) is 5.91 Å². The first kappa shape index (κ1) is 23.6. The highest BCUT2D eigenvalue weighted by molar-refractivity contribution is 6.31. The number of carbonyl (C=O) groups excluding carboxylic acids is 3. The topological polar surface area (TPSA) is 75.7 Å². The smallest absolute Gasteiger partial charge is 0.417 e. The van der Waals surface area contributed by atoms with Gasteiger partial charge in [-0.25, -0.2) is 0 Å². The Morgan fingerprint density at radius 3 is 2.62 bits per heavy atom. The number of benzene rings is 2. The number of hydrogen-bond donors (Lipinski definition) is 1. The molecule has 0 unspecified atom stereocenters. The maximum atomic E-state index is 12.9. The molecule has 0 spiro atoms. The zero-order valence-corrected chi connectivity index (χ0v) is 18.0. The van der Waals surface area contributed by atoms with E-state index in [4.69, 9.17) is 16.3 Å². The molecule has 1 N–H and O–H groups in total. The second kappa shape index (κ2) is 9.20. The standard InChI is InChI=1S/C22H20ClF3N2O4/c1-12-4-3-5-18(13(12)2)28-10-14(8-20(28)30)21(31)32-11-19(29)27-15-6-7-17(23)16(9-15)22(24,25)26/h3-7,9,14H,8,10-11H2,1-2H3,(H,27,29)/t14-/m0/s1. The average Bonchev–Trinajstić information content (AvgIpc) is 3.10. The van der Waals surface area contributed by atoms with E-state index in [0.29, 0.717) is 11.8 Å². The average molecular weight is 469 g/mol. The van der Waals surface area contributed by atoms with Gasteiger partial charge in [0.2, 0.25) is 5.91 Å². The Morgan fingerprint density at radius 1 is 1.22 bits per heavy atom. The summed E-state index contributed by atoms with van der Waals surface area (Å²) < 4.78 is 43.8. The highest BCUT2D eigenvalue weighted by Crippen LogP contribution is 2.36. The van der Waals surface area contributed by atoms with Gasteiger partial charge >= 0.3 is 12.1 Å². The van der Waals surface area contributed by atoms with Crippen LogP contribution in [0.1, 0.15) is 23.1 Å². The van der Waals surface area contributed by atoms with Crippen molar-refractivity contribution >= 4 is 40.8 Å². The van der Waals surface area contributed by atoms with E-state index in [9.17, 15) is 27.6 Å². The zero-order valence-electron chi connectivity index (χ0n) is 17.3. The molecule has 0 aromatic heterocycles. The monoisotopic (exact) mass is 468 g/mol. The largest absolute Gasteiger partial charge is 0.455 e. The minimum atomic E-state index is -4.68. The molecule has 1 aliphatic rings. The molecule has 0 bridgehead atoms. The van der Waals surface area contributed by atoms with Crippen LogP contribution in [-0.2, 0) is 25.3 Å². The first-order valence-electron chi connectivity index (χ1n) is 9.67. The molecule has 1 saturated heterocycles. The van der Waals surface area contributed by atoms with E-state index < -0.39 is 41.2 Å². The second-order valence-corrected chi connectivity index (χ2v) is 7.88. The fraction of sp³-hybridized carbons (Fsp3) is 0.318. The van der Waals surface area contributed by atoms with Crippen LogP contribution in [0.2, 0.25) is 5.02 Å². The molecule has 2 aromatic carbocycles. The summed E-state index contributed by atoms with van der Waals surface area (Å²) in [4.78, 5) is 38.3. The van der Waals surface area contributed by atoms with Gasteiger partial charge in [0.15, 0.2) is 6.61 Å². The third-order valence-electron chi connectivity index (χ3n) is 5.23. The van der Waals surface area contributed by atoms with Crippen molar-refractivity contribution in [2.75, 3.05) is 23.4 Å². The molecule has 0 radical (unpaired) electrons. The van der Waals surface area contributed by atoms with Gasteiger partial charge in [-0.3, -0.25) is 14.4 Å². The summed E-state index contributed by atoms with van der Waals surface area (Å²) in [6, 6.07) is 8.44.